The average molecular weight is 230 g/mol. The third-order valence-electron chi connectivity index (χ3n) is 2.70. The molecule has 0 radical (unpaired) electrons. The normalized spacial score (nSPS) is 12.9. The van der Waals surface area contributed by atoms with Crippen molar-refractivity contribution >= 4 is 0 Å². The van der Waals surface area contributed by atoms with Crippen molar-refractivity contribution in [2.75, 3.05) is 0 Å². The highest BCUT2D eigenvalue weighted by Gasteiger charge is 2.13. The first-order chi connectivity index (χ1) is 8.18. The topological polar surface area (TPSA) is 56.7 Å². The number of hydrogen-bond donors (Lipinski definition) is 1. The number of nitrogens with two attached hydrogens (primary N) is 1. The first-order valence-corrected chi connectivity index (χ1v) is 5.86. The molecule has 4 nitrogen and oxygen atoms in total. The predicted molar refractivity (Wildman–Crippen MR) is 67.7 cm³/mol. The number of hydrogen-bond acceptors (Lipinski definition) is 3. The minimum Gasteiger partial charge on any atom is -0.323 e. The second kappa shape index (κ2) is 5.10. The van der Waals surface area contributed by atoms with Crippen LogP contribution in [0.15, 0.2) is 37.1 Å². The van der Waals surface area contributed by atoms with E-state index in [1.807, 2.05) is 29.1 Å². The lowest BCUT2D eigenvalue weighted by atomic mass is 10.0. The van der Waals surface area contributed by atoms with Gasteiger partial charge < -0.3 is 10.3 Å². The lowest BCUT2D eigenvalue weighted by Gasteiger charge is -2.16. The van der Waals surface area contributed by atoms with E-state index in [2.05, 4.69) is 23.8 Å². The van der Waals surface area contributed by atoms with E-state index in [0.717, 1.165) is 17.8 Å². The molecule has 0 aliphatic carbocycles. The van der Waals surface area contributed by atoms with Crippen molar-refractivity contribution in [3.05, 3.63) is 42.7 Å². The molecule has 0 aliphatic heterocycles. The van der Waals surface area contributed by atoms with E-state index in [1.54, 1.807) is 12.5 Å². The third-order valence-corrected chi connectivity index (χ3v) is 2.70. The van der Waals surface area contributed by atoms with Crippen LogP contribution in [0.5, 0.6) is 0 Å². The Bertz CT molecular complexity index is 461. The molecule has 0 amide bonds. The summed E-state index contributed by atoms with van der Waals surface area (Å²) >= 11 is 0. The van der Waals surface area contributed by atoms with Crippen LogP contribution in [-0.2, 0) is 0 Å². The van der Waals surface area contributed by atoms with Gasteiger partial charge in [0.2, 0.25) is 0 Å². The van der Waals surface area contributed by atoms with Crippen molar-refractivity contribution in [3.63, 3.8) is 0 Å². The Morgan fingerprint density at radius 3 is 2.76 bits per heavy atom. The zero-order valence-corrected chi connectivity index (χ0v) is 10.2. The van der Waals surface area contributed by atoms with Crippen LogP contribution in [0, 0.1) is 5.92 Å². The van der Waals surface area contributed by atoms with Gasteiger partial charge in [0.25, 0.3) is 0 Å². The highest BCUT2D eigenvalue weighted by atomic mass is 15.1. The van der Waals surface area contributed by atoms with E-state index in [1.165, 1.54) is 0 Å². The van der Waals surface area contributed by atoms with Crippen molar-refractivity contribution < 1.29 is 0 Å². The molecule has 0 bridgehead atoms. The Kier molecular flexibility index (Phi) is 3.54. The fourth-order valence-electron chi connectivity index (χ4n) is 1.92. The number of aromatic nitrogens is 3. The monoisotopic (exact) mass is 230 g/mol. The van der Waals surface area contributed by atoms with E-state index >= 15 is 0 Å². The lowest BCUT2D eigenvalue weighted by Crippen LogP contribution is -2.16. The van der Waals surface area contributed by atoms with Gasteiger partial charge in [0.05, 0.1) is 30.1 Å². The van der Waals surface area contributed by atoms with Gasteiger partial charge in [-0.3, -0.25) is 4.98 Å². The van der Waals surface area contributed by atoms with E-state index in [4.69, 9.17) is 5.73 Å². The Morgan fingerprint density at radius 1 is 1.29 bits per heavy atom. The molecular formula is C13H18N4. The van der Waals surface area contributed by atoms with E-state index in [-0.39, 0.29) is 6.04 Å². The first kappa shape index (κ1) is 11.8. The summed E-state index contributed by atoms with van der Waals surface area (Å²) in [6.07, 6.45) is 8.14. The number of rotatable bonds is 4. The molecule has 17 heavy (non-hydrogen) atoms. The maximum atomic E-state index is 6.20. The van der Waals surface area contributed by atoms with Crippen LogP contribution in [0.4, 0.5) is 0 Å². The molecule has 1 unspecified atom stereocenters. The maximum absolute atomic E-state index is 6.20. The van der Waals surface area contributed by atoms with Crippen LogP contribution in [0.3, 0.4) is 0 Å². The molecule has 0 aliphatic rings. The van der Waals surface area contributed by atoms with Crippen molar-refractivity contribution in [1.29, 1.82) is 0 Å². The van der Waals surface area contributed by atoms with Gasteiger partial charge in [0.1, 0.15) is 0 Å². The van der Waals surface area contributed by atoms with Gasteiger partial charge in [0, 0.05) is 12.2 Å². The molecule has 90 valence electrons. The average Bonchev–Trinajstić information content (AvgIpc) is 2.78. The summed E-state index contributed by atoms with van der Waals surface area (Å²) in [5.74, 6) is 0.572. The largest absolute Gasteiger partial charge is 0.323 e. The highest BCUT2D eigenvalue weighted by Crippen LogP contribution is 2.20. The molecule has 2 rings (SSSR count). The Morgan fingerprint density at radius 2 is 2.12 bits per heavy atom. The molecule has 0 fully saturated rings. The summed E-state index contributed by atoms with van der Waals surface area (Å²) in [5.41, 5.74) is 8.23. The van der Waals surface area contributed by atoms with Crippen molar-refractivity contribution in [1.82, 2.24) is 14.5 Å². The summed E-state index contributed by atoms with van der Waals surface area (Å²) in [7, 11) is 0. The number of pyridine rings is 1. The molecule has 2 heterocycles. The SMILES string of the molecule is CC(C)CC(N)c1cncn1-c1cccnc1. The fraction of sp³-hybridized carbons (Fsp3) is 0.385. The van der Waals surface area contributed by atoms with Crippen LogP contribution in [0.25, 0.3) is 5.69 Å². The second-order valence-corrected chi connectivity index (χ2v) is 4.64. The molecule has 0 aromatic carbocycles. The summed E-state index contributed by atoms with van der Waals surface area (Å²) in [4.78, 5) is 8.29. The molecule has 2 aromatic heterocycles. The van der Waals surface area contributed by atoms with Crippen molar-refractivity contribution in [3.8, 4) is 5.69 Å². The van der Waals surface area contributed by atoms with Crippen molar-refractivity contribution in [2.45, 2.75) is 26.3 Å². The molecule has 0 saturated heterocycles. The Labute approximate surface area is 102 Å². The molecule has 4 heteroatoms. The molecular weight excluding hydrogens is 212 g/mol. The molecule has 2 aromatic rings. The summed E-state index contributed by atoms with van der Waals surface area (Å²) < 4.78 is 2.00. The van der Waals surface area contributed by atoms with Gasteiger partial charge in [-0.25, -0.2) is 4.98 Å². The number of imidazole rings is 1. The zero-order chi connectivity index (χ0) is 12.3. The van der Waals surface area contributed by atoms with Gasteiger partial charge in [-0.05, 0) is 24.5 Å². The zero-order valence-electron chi connectivity index (χ0n) is 10.2. The van der Waals surface area contributed by atoms with Crippen molar-refractivity contribution in [2.24, 2.45) is 11.7 Å². The third kappa shape index (κ3) is 2.71. The smallest absolute Gasteiger partial charge is 0.0995 e. The standard InChI is InChI=1S/C13H18N4/c1-10(2)6-12(14)13-8-16-9-17(13)11-4-3-5-15-7-11/h3-5,7-10,12H,6,14H2,1-2H3. The molecule has 1 atom stereocenters. The van der Waals surface area contributed by atoms with Crippen LogP contribution in [-0.4, -0.2) is 14.5 Å². The number of nitrogens with zero attached hydrogens (tertiary/aromatic N) is 3. The van der Waals surface area contributed by atoms with E-state index in [9.17, 15) is 0 Å². The Balaban J connectivity index is 2.29. The summed E-state index contributed by atoms with van der Waals surface area (Å²) in [5, 5.41) is 0. The molecule has 2 N–H and O–H groups in total. The van der Waals surface area contributed by atoms with Crippen LogP contribution in [0.1, 0.15) is 32.0 Å². The van der Waals surface area contributed by atoms with Crippen LogP contribution in [0.2, 0.25) is 0 Å². The van der Waals surface area contributed by atoms with Gasteiger partial charge in [0.15, 0.2) is 0 Å². The minimum absolute atomic E-state index is 0.0118. The fourth-order valence-corrected chi connectivity index (χ4v) is 1.92. The highest BCUT2D eigenvalue weighted by molar-refractivity contribution is 5.31. The maximum Gasteiger partial charge on any atom is 0.0995 e. The van der Waals surface area contributed by atoms with E-state index < -0.39 is 0 Å². The second-order valence-electron chi connectivity index (χ2n) is 4.64. The summed E-state index contributed by atoms with van der Waals surface area (Å²) in [6, 6.07) is 3.92. The quantitative estimate of drug-likeness (QED) is 0.876. The van der Waals surface area contributed by atoms with Gasteiger partial charge in [-0.1, -0.05) is 13.8 Å². The lowest BCUT2D eigenvalue weighted by molar-refractivity contribution is 0.498. The Hall–Kier alpha value is -1.68. The predicted octanol–water partition coefficient (Wildman–Crippen LogP) is 2.31. The minimum atomic E-state index is 0.0118. The summed E-state index contributed by atoms with van der Waals surface area (Å²) in [6.45, 7) is 4.34. The van der Waals surface area contributed by atoms with E-state index in [0.29, 0.717) is 5.92 Å². The van der Waals surface area contributed by atoms with Gasteiger partial charge >= 0.3 is 0 Å². The first-order valence-electron chi connectivity index (χ1n) is 5.86. The van der Waals surface area contributed by atoms with Crippen LogP contribution >= 0.6 is 0 Å². The molecule has 0 saturated carbocycles. The van der Waals surface area contributed by atoms with Gasteiger partial charge in [-0.15, -0.1) is 0 Å². The molecule has 0 spiro atoms. The van der Waals surface area contributed by atoms with Crippen LogP contribution < -0.4 is 5.73 Å². The van der Waals surface area contributed by atoms with Gasteiger partial charge in [-0.2, -0.15) is 0 Å².